The van der Waals surface area contributed by atoms with Gasteiger partial charge in [-0.05, 0) is 112 Å². The number of ketones is 1. The third kappa shape index (κ3) is 30.1. The Balaban J connectivity index is 6.08. The number of Topliss-reactive ketones (excluding diaryl/α,β-unsaturated/α-hetero) is 1. The molecule has 0 aromatic carbocycles. The Labute approximate surface area is 360 Å². The lowest BCUT2D eigenvalue weighted by atomic mass is 10.2. The van der Waals surface area contributed by atoms with Crippen molar-refractivity contribution in [3.63, 3.8) is 0 Å². The standard InChI is InChI=1S/C32H68O9P4S8/c1-24(2)17-34-42(46,35-18-25(3)4)51-21-30(12)40-45(49,41-31(13)22-52-43(47,36-19-26(5)6)37-20-27(7)8)53-23-32(14)39-44(48,38-28(9)10)50-16-15-29(11)33/h24-28,30-32H,15-23H2,1-14H3. The van der Waals surface area contributed by atoms with Crippen LogP contribution in [0.15, 0.2) is 0 Å². The molecule has 318 valence electrons. The molecule has 0 spiro atoms. The van der Waals surface area contributed by atoms with Crippen molar-refractivity contribution in [3.8, 4) is 0 Å². The van der Waals surface area contributed by atoms with Gasteiger partial charge < -0.3 is 36.2 Å². The molecule has 0 saturated carbocycles. The van der Waals surface area contributed by atoms with E-state index in [4.69, 9.17) is 83.4 Å². The van der Waals surface area contributed by atoms with Crippen LogP contribution < -0.4 is 0 Å². The molecule has 53 heavy (non-hydrogen) atoms. The first-order valence-corrected chi connectivity index (χ1v) is 35.0. The molecule has 0 aliphatic heterocycles. The molecule has 0 saturated heterocycles. The van der Waals surface area contributed by atoms with E-state index in [2.05, 4.69) is 55.4 Å². The summed E-state index contributed by atoms with van der Waals surface area (Å²) in [5.41, 5.74) is -10.9. The Morgan fingerprint density at radius 3 is 1.02 bits per heavy atom. The van der Waals surface area contributed by atoms with Gasteiger partial charge in [-0.3, -0.25) is 4.79 Å². The van der Waals surface area contributed by atoms with E-state index >= 15 is 0 Å². The zero-order chi connectivity index (χ0) is 41.0. The Morgan fingerprint density at radius 1 is 0.472 bits per heavy atom. The minimum atomic E-state index is -2.98. The first-order valence-electron chi connectivity index (χ1n) is 18.1. The molecule has 0 aliphatic carbocycles. The molecule has 0 radical (unpaired) electrons. The number of hydrogen-bond acceptors (Lipinski definition) is 17. The molecule has 0 aromatic heterocycles. The van der Waals surface area contributed by atoms with E-state index in [-0.39, 0.29) is 30.2 Å². The molecule has 0 bridgehead atoms. The first kappa shape index (κ1) is 56.4. The predicted molar refractivity (Wildman–Crippen MR) is 253 cm³/mol. The quantitative estimate of drug-likeness (QED) is 0.0584. The van der Waals surface area contributed by atoms with E-state index in [1.54, 1.807) is 6.92 Å². The summed E-state index contributed by atoms with van der Waals surface area (Å²) < 4.78 is 50.6. The minimum absolute atomic E-state index is 0.100. The average Bonchev–Trinajstić information content (AvgIpc) is 3.01. The van der Waals surface area contributed by atoms with Gasteiger partial charge in [0.25, 0.3) is 0 Å². The summed E-state index contributed by atoms with van der Waals surface area (Å²) in [6, 6.07) is 0. The average molecular weight is 977 g/mol. The third-order valence-corrected chi connectivity index (χ3v) is 27.6. The zero-order valence-electron chi connectivity index (χ0n) is 34.2. The van der Waals surface area contributed by atoms with Gasteiger partial charge in [0.2, 0.25) is 22.8 Å². The van der Waals surface area contributed by atoms with Crippen LogP contribution >= 0.6 is 68.3 Å². The molecule has 0 heterocycles. The van der Waals surface area contributed by atoms with Crippen LogP contribution in [0, 0.1) is 23.7 Å². The van der Waals surface area contributed by atoms with E-state index in [1.165, 1.54) is 45.5 Å². The highest BCUT2D eigenvalue weighted by Gasteiger charge is 2.32. The van der Waals surface area contributed by atoms with Crippen molar-refractivity contribution in [2.24, 2.45) is 23.7 Å². The molecule has 4 atom stereocenters. The maximum absolute atomic E-state index is 11.6. The first-order chi connectivity index (χ1) is 24.3. The second-order valence-corrected chi connectivity index (χ2v) is 39.9. The van der Waals surface area contributed by atoms with Gasteiger partial charge >= 0.3 is 0 Å². The lowest BCUT2D eigenvalue weighted by Crippen LogP contribution is -2.17. The van der Waals surface area contributed by atoms with Crippen LogP contribution in [0.25, 0.3) is 0 Å². The van der Waals surface area contributed by atoms with Crippen LogP contribution in [0.4, 0.5) is 0 Å². The second kappa shape index (κ2) is 28.8. The van der Waals surface area contributed by atoms with Crippen molar-refractivity contribution >= 4 is 121 Å². The maximum Gasteiger partial charge on any atom is 0.248 e. The van der Waals surface area contributed by atoms with E-state index in [9.17, 15) is 4.79 Å². The fraction of sp³-hybridized carbons (Fsp3) is 0.969. The molecule has 0 N–H and O–H groups in total. The van der Waals surface area contributed by atoms with Crippen LogP contribution in [0.1, 0.15) is 103 Å². The molecule has 0 fully saturated rings. The number of hydrogen-bond donors (Lipinski definition) is 0. The van der Waals surface area contributed by atoms with Gasteiger partial charge in [0.1, 0.15) is 5.78 Å². The molecule has 4 unspecified atom stereocenters. The number of carbonyl (C=O) groups is 1. The van der Waals surface area contributed by atoms with Gasteiger partial charge in [-0.25, -0.2) is 0 Å². The van der Waals surface area contributed by atoms with Crippen molar-refractivity contribution in [1.29, 1.82) is 0 Å². The Morgan fingerprint density at radius 2 is 0.755 bits per heavy atom. The number of rotatable bonds is 33. The lowest BCUT2D eigenvalue weighted by molar-refractivity contribution is -0.116. The summed E-state index contributed by atoms with van der Waals surface area (Å²) in [4.78, 5) is 11.6. The normalized spacial score (nSPS) is 17.1. The third-order valence-electron chi connectivity index (χ3n) is 5.64. The van der Waals surface area contributed by atoms with Crippen molar-refractivity contribution in [1.82, 2.24) is 0 Å². The largest absolute Gasteiger partial charge is 0.321 e. The zero-order valence-corrected chi connectivity index (χ0v) is 44.3. The molecule has 0 amide bonds. The van der Waals surface area contributed by atoms with Crippen molar-refractivity contribution < 1.29 is 41.0 Å². The summed E-state index contributed by atoms with van der Waals surface area (Å²) in [5.74, 6) is 3.45. The van der Waals surface area contributed by atoms with E-state index in [0.717, 1.165) is 0 Å². The highest BCUT2D eigenvalue weighted by atomic mass is 32.9. The van der Waals surface area contributed by atoms with Gasteiger partial charge in [-0.2, -0.15) is 0 Å². The van der Waals surface area contributed by atoms with Crippen LogP contribution in [0.5, 0.6) is 0 Å². The summed E-state index contributed by atoms with van der Waals surface area (Å²) >= 11 is 29.9. The van der Waals surface area contributed by atoms with Gasteiger partial charge in [-0.1, -0.05) is 101 Å². The predicted octanol–water partition coefficient (Wildman–Crippen LogP) is 13.1. The van der Waals surface area contributed by atoms with Crippen LogP contribution in [0.2, 0.25) is 0 Å². The van der Waals surface area contributed by atoms with Crippen LogP contribution in [-0.2, 0) is 88.2 Å². The van der Waals surface area contributed by atoms with Gasteiger partial charge in [0.05, 0.1) is 50.8 Å². The van der Waals surface area contributed by atoms with Crippen molar-refractivity contribution in [2.75, 3.05) is 49.4 Å². The fourth-order valence-electron chi connectivity index (χ4n) is 3.26. The lowest BCUT2D eigenvalue weighted by Gasteiger charge is -2.31. The smallest absolute Gasteiger partial charge is 0.248 e. The fourth-order valence-corrected chi connectivity index (χ4v) is 23.9. The monoisotopic (exact) mass is 976 g/mol. The van der Waals surface area contributed by atoms with E-state index < -0.39 is 22.8 Å². The van der Waals surface area contributed by atoms with Crippen molar-refractivity contribution in [3.05, 3.63) is 0 Å². The maximum atomic E-state index is 11.6. The van der Waals surface area contributed by atoms with Crippen molar-refractivity contribution in [2.45, 2.75) is 128 Å². The summed E-state index contributed by atoms with van der Waals surface area (Å²) in [6.45, 7) is 30.2. The molecular weight excluding hydrogens is 909 g/mol. The minimum Gasteiger partial charge on any atom is -0.321 e. The van der Waals surface area contributed by atoms with Gasteiger partial charge in [-0.15, -0.1) is 0 Å². The van der Waals surface area contributed by atoms with E-state index in [0.29, 0.717) is 79.5 Å². The van der Waals surface area contributed by atoms with E-state index in [1.807, 2.05) is 34.6 Å². The highest BCUT2D eigenvalue weighted by Crippen LogP contribution is 2.68. The Kier molecular flexibility index (Phi) is 30.6. The summed E-state index contributed by atoms with van der Waals surface area (Å²) in [6.07, 6.45) is -0.663. The van der Waals surface area contributed by atoms with Crippen LogP contribution in [0.3, 0.4) is 0 Å². The molecular formula is C32H68O9P4S8. The van der Waals surface area contributed by atoms with Crippen LogP contribution in [-0.4, -0.2) is 79.6 Å². The number of carbonyl (C=O) groups excluding carboxylic acids is 1. The SMILES string of the molecule is CC(=O)CCSP(=S)(OC(C)C)OC(C)CSP(=S)(OC(C)CSP(=S)(OCC(C)C)OCC(C)C)OC(C)CSP(=S)(OCC(C)C)OCC(C)C. The highest BCUT2D eigenvalue weighted by molar-refractivity contribution is 8.69. The molecule has 0 aromatic rings. The summed E-state index contributed by atoms with van der Waals surface area (Å²) in [7, 11) is 0. The molecule has 9 nitrogen and oxygen atoms in total. The molecule has 21 heteroatoms. The molecule has 0 rings (SSSR count). The summed E-state index contributed by atoms with van der Waals surface area (Å²) in [5, 5.41) is 0. The Hall–Kier alpha value is 3.35. The topological polar surface area (TPSA) is 90.9 Å². The Bertz CT molecular complexity index is 1140. The van der Waals surface area contributed by atoms with Gasteiger partial charge in [0.15, 0.2) is 0 Å². The van der Waals surface area contributed by atoms with Gasteiger partial charge in [0, 0.05) is 29.4 Å². The second-order valence-electron chi connectivity index (χ2n) is 14.6. The molecule has 0 aliphatic rings.